The number of dihydropyridines is 1. The van der Waals surface area contributed by atoms with Gasteiger partial charge in [0.1, 0.15) is 5.92 Å². The lowest BCUT2D eigenvalue weighted by molar-refractivity contribution is -0.151. The molecule has 166 valence electrons. The number of esters is 2. The van der Waals surface area contributed by atoms with Gasteiger partial charge in [0, 0.05) is 22.9 Å². The normalized spacial score (nSPS) is 23.1. The molecule has 0 saturated heterocycles. The van der Waals surface area contributed by atoms with Crippen LogP contribution >= 0.6 is 0 Å². The Balaban J connectivity index is 2.21. The number of Topliss-reactive ketones (excluding diaryl/α,β-unsaturated/α-hetero) is 1. The summed E-state index contributed by atoms with van der Waals surface area (Å²) >= 11 is 0. The maximum absolute atomic E-state index is 13.5. The highest BCUT2D eigenvalue weighted by atomic mass is 16.5. The van der Waals surface area contributed by atoms with Gasteiger partial charge < -0.3 is 24.6 Å². The summed E-state index contributed by atoms with van der Waals surface area (Å²) < 4.78 is 15.3. The molecular formula is C23H27NO7. The van der Waals surface area contributed by atoms with Crippen LogP contribution in [0, 0.1) is 11.8 Å². The number of phenolic OH excluding ortho intramolecular Hbond substituents is 1. The molecule has 8 nitrogen and oxygen atoms in total. The quantitative estimate of drug-likeness (QED) is 0.543. The van der Waals surface area contributed by atoms with Crippen molar-refractivity contribution in [3.63, 3.8) is 0 Å². The molecule has 0 amide bonds. The Morgan fingerprint density at radius 1 is 1.26 bits per heavy atom. The van der Waals surface area contributed by atoms with E-state index in [9.17, 15) is 19.5 Å². The number of benzene rings is 1. The van der Waals surface area contributed by atoms with Crippen molar-refractivity contribution in [3.8, 4) is 11.5 Å². The number of hydrogen-bond donors (Lipinski definition) is 2. The molecule has 2 aliphatic rings. The smallest absolute Gasteiger partial charge is 0.336 e. The van der Waals surface area contributed by atoms with E-state index in [-0.39, 0.29) is 29.6 Å². The lowest BCUT2D eigenvalue weighted by Crippen LogP contribution is -2.43. The predicted octanol–water partition coefficient (Wildman–Crippen LogP) is 2.58. The van der Waals surface area contributed by atoms with E-state index < -0.39 is 29.6 Å². The van der Waals surface area contributed by atoms with Crippen LogP contribution in [0.5, 0.6) is 11.5 Å². The molecule has 0 bridgehead atoms. The van der Waals surface area contributed by atoms with Crippen LogP contribution in [-0.4, -0.2) is 43.7 Å². The number of hydrogen-bond acceptors (Lipinski definition) is 8. The van der Waals surface area contributed by atoms with Gasteiger partial charge in [0.05, 0.1) is 26.4 Å². The van der Waals surface area contributed by atoms with Gasteiger partial charge >= 0.3 is 11.9 Å². The summed E-state index contributed by atoms with van der Waals surface area (Å²) in [5.41, 5.74) is 2.31. The van der Waals surface area contributed by atoms with E-state index in [0.29, 0.717) is 29.0 Å². The largest absolute Gasteiger partial charge is 0.504 e. The van der Waals surface area contributed by atoms with Crippen molar-refractivity contribution < 1.29 is 33.7 Å². The van der Waals surface area contributed by atoms with Crippen LogP contribution in [0.4, 0.5) is 0 Å². The van der Waals surface area contributed by atoms with Crippen molar-refractivity contribution in [1.82, 2.24) is 5.32 Å². The van der Waals surface area contributed by atoms with Crippen LogP contribution in [-0.2, 0) is 23.9 Å². The molecule has 1 heterocycles. The van der Waals surface area contributed by atoms with Crippen LogP contribution < -0.4 is 10.1 Å². The van der Waals surface area contributed by atoms with Crippen molar-refractivity contribution in [1.29, 1.82) is 0 Å². The zero-order valence-electron chi connectivity index (χ0n) is 18.3. The van der Waals surface area contributed by atoms with E-state index in [0.717, 1.165) is 0 Å². The van der Waals surface area contributed by atoms with E-state index in [1.807, 2.05) is 6.92 Å². The molecule has 0 saturated carbocycles. The molecular weight excluding hydrogens is 402 g/mol. The number of ether oxygens (including phenoxy) is 3. The molecule has 31 heavy (non-hydrogen) atoms. The number of rotatable bonds is 5. The molecule has 1 aliphatic heterocycles. The maximum Gasteiger partial charge on any atom is 0.336 e. The molecule has 0 fully saturated rings. The first kappa shape index (κ1) is 22.4. The average molecular weight is 429 g/mol. The number of nitrogens with one attached hydrogen (secondary N) is 1. The molecule has 1 aliphatic carbocycles. The summed E-state index contributed by atoms with van der Waals surface area (Å²) in [6.45, 7) is 5.43. The Kier molecular flexibility index (Phi) is 6.38. The molecule has 1 aromatic carbocycles. The zero-order valence-corrected chi connectivity index (χ0v) is 18.3. The Labute approximate surface area is 180 Å². The first-order chi connectivity index (χ1) is 14.7. The lowest BCUT2D eigenvalue weighted by atomic mass is 9.69. The minimum atomic E-state index is -0.971. The van der Waals surface area contributed by atoms with Crippen molar-refractivity contribution in [3.05, 3.63) is 46.3 Å². The highest BCUT2D eigenvalue weighted by molar-refractivity contribution is 6.12. The Morgan fingerprint density at radius 2 is 1.97 bits per heavy atom. The molecule has 2 N–H and O–H groups in total. The SMILES string of the molecule is CCOC(=O)C1=C(C)NC2=C(C(=O)[C@H](C(=O)OC)[C@H](C)C2)[C@H]1c1ccc(OC)c(O)c1. The summed E-state index contributed by atoms with van der Waals surface area (Å²) in [7, 11) is 2.68. The van der Waals surface area contributed by atoms with Gasteiger partial charge in [-0.25, -0.2) is 4.79 Å². The maximum atomic E-state index is 13.5. The van der Waals surface area contributed by atoms with Gasteiger partial charge in [0.2, 0.25) is 0 Å². The third-order valence-electron chi connectivity index (χ3n) is 5.77. The van der Waals surface area contributed by atoms with E-state index in [4.69, 9.17) is 14.2 Å². The molecule has 3 rings (SSSR count). The summed E-state index contributed by atoms with van der Waals surface area (Å²) in [5, 5.41) is 13.5. The molecule has 1 aromatic rings. The van der Waals surface area contributed by atoms with Crippen molar-refractivity contribution >= 4 is 17.7 Å². The van der Waals surface area contributed by atoms with Gasteiger partial charge in [0.15, 0.2) is 17.3 Å². The van der Waals surface area contributed by atoms with E-state index in [1.54, 1.807) is 26.0 Å². The number of carbonyl (C=O) groups is 3. The zero-order chi connectivity index (χ0) is 22.9. The first-order valence-corrected chi connectivity index (χ1v) is 10.1. The molecule has 0 unspecified atom stereocenters. The first-order valence-electron chi connectivity index (χ1n) is 10.1. The monoisotopic (exact) mass is 429 g/mol. The highest BCUT2D eigenvalue weighted by Crippen LogP contribution is 2.46. The second-order valence-electron chi connectivity index (χ2n) is 7.69. The van der Waals surface area contributed by atoms with Crippen molar-refractivity contribution in [2.24, 2.45) is 11.8 Å². The second kappa shape index (κ2) is 8.83. The van der Waals surface area contributed by atoms with Crippen LogP contribution in [0.25, 0.3) is 0 Å². The second-order valence-corrected chi connectivity index (χ2v) is 7.69. The van der Waals surface area contributed by atoms with E-state index in [1.165, 1.54) is 20.3 Å². The molecule has 0 spiro atoms. The number of phenols is 1. The van der Waals surface area contributed by atoms with Gasteiger partial charge in [-0.2, -0.15) is 0 Å². The fourth-order valence-electron chi connectivity index (χ4n) is 4.38. The molecule has 0 aromatic heterocycles. The minimum absolute atomic E-state index is 0.123. The van der Waals surface area contributed by atoms with Crippen LogP contribution in [0.3, 0.4) is 0 Å². The van der Waals surface area contributed by atoms with Gasteiger partial charge in [-0.3, -0.25) is 9.59 Å². The van der Waals surface area contributed by atoms with E-state index in [2.05, 4.69) is 5.32 Å². The highest BCUT2D eigenvalue weighted by Gasteiger charge is 2.47. The number of ketones is 1. The standard InChI is InChI=1S/C23H27NO7/c1-6-31-23(28)18-12(3)24-14-9-11(2)17(22(27)30-5)21(26)20(14)19(18)13-7-8-16(29-4)15(25)10-13/h7-8,10-11,17,19,24-25H,6,9H2,1-5H3/t11-,17-,19+/m1/s1. The number of aromatic hydroxyl groups is 1. The molecule has 3 atom stereocenters. The topological polar surface area (TPSA) is 111 Å². The van der Waals surface area contributed by atoms with Crippen molar-refractivity contribution in [2.45, 2.75) is 33.1 Å². The summed E-state index contributed by atoms with van der Waals surface area (Å²) in [5.74, 6) is -3.48. The predicted molar refractivity (Wildman–Crippen MR) is 111 cm³/mol. The fraction of sp³-hybridized carbons (Fsp3) is 0.435. The molecule has 8 heteroatoms. The van der Waals surface area contributed by atoms with Gasteiger partial charge in [0.25, 0.3) is 0 Å². The third-order valence-corrected chi connectivity index (χ3v) is 5.77. The van der Waals surface area contributed by atoms with Crippen LogP contribution in [0.2, 0.25) is 0 Å². The molecule has 0 radical (unpaired) electrons. The third kappa shape index (κ3) is 3.89. The van der Waals surface area contributed by atoms with Crippen LogP contribution in [0.1, 0.15) is 38.7 Å². The van der Waals surface area contributed by atoms with Gasteiger partial charge in [-0.1, -0.05) is 13.0 Å². The lowest BCUT2D eigenvalue weighted by Gasteiger charge is -2.38. The Morgan fingerprint density at radius 3 is 2.55 bits per heavy atom. The summed E-state index contributed by atoms with van der Waals surface area (Å²) in [6, 6.07) is 4.72. The Bertz CT molecular complexity index is 992. The van der Waals surface area contributed by atoms with Gasteiger partial charge in [-0.05, 0) is 43.9 Å². The minimum Gasteiger partial charge on any atom is -0.504 e. The number of allylic oxidation sites excluding steroid dienone is 3. The number of carbonyl (C=O) groups excluding carboxylic acids is 3. The summed E-state index contributed by atoms with van der Waals surface area (Å²) in [6.07, 6.45) is 0.437. The van der Waals surface area contributed by atoms with Gasteiger partial charge in [-0.15, -0.1) is 0 Å². The Hall–Kier alpha value is -3.29. The number of methoxy groups -OCH3 is 2. The fourth-order valence-corrected chi connectivity index (χ4v) is 4.38. The van der Waals surface area contributed by atoms with Crippen molar-refractivity contribution in [2.75, 3.05) is 20.8 Å². The van der Waals surface area contributed by atoms with Crippen LogP contribution in [0.15, 0.2) is 40.7 Å². The summed E-state index contributed by atoms with van der Waals surface area (Å²) in [4.78, 5) is 38.8. The van der Waals surface area contributed by atoms with E-state index >= 15 is 0 Å². The average Bonchev–Trinajstić information content (AvgIpc) is 2.72.